The Morgan fingerprint density at radius 3 is 2.77 bits per heavy atom. The minimum Gasteiger partial charge on any atom is -0.370 e. The van der Waals surface area contributed by atoms with Crippen molar-refractivity contribution in [2.75, 3.05) is 26.2 Å². The van der Waals surface area contributed by atoms with E-state index in [0.29, 0.717) is 25.1 Å². The number of halogens is 4. The molecular formula is C20H30F3IN4O2. The number of benzene rings is 1. The summed E-state index contributed by atoms with van der Waals surface area (Å²) in [5, 5.41) is 3.27. The van der Waals surface area contributed by atoms with E-state index in [9.17, 15) is 18.0 Å². The largest absolute Gasteiger partial charge is 0.411 e. The molecule has 1 aromatic carbocycles. The van der Waals surface area contributed by atoms with Crippen molar-refractivity contribution in [3.63, 3.8) is 0 Å². The van der Waals surface area contributed by atoms with Gasteiger partial charge < -0.3 is 20.7 Å². The Bertz CT molecular complexity index is 701. The van der Waals surface area contributed by atoms with Crippen molar-refractivity contribution in [2.24, 2.45) is 16.6 Å². The van der Waals surface area contributed by atoms with Crippen LogP contribution in [0.5, 0.6) is 0 Å². The van der Waals surface area contributed by atoms with Crippen molar-refractivity contribution >= 4 is 35.8 Å². The van der Waals surface area contributed by atoms with Gasteiger partial charge in [-0.2, -0.15) is 13.2 Å². The standard InChI is InChI=1S/C20H29F3N4O2.HI/c1-2-25-19(27-8-4-7-16(12-27)10-18(24)28)26-11-15-5-3-6-17(9-15)13-29-14-20(21,22)23;/h3,5-6,9,16H,2,4,7-8,10-14H2,1H3,(H2,24,28)(H,25,26);1H. The number of carbonyl (C=O) groups is 1. The maximum atomic E-state index is 12.2. The molecule has 0 aromatic heterocycles. The van der Waals surface area contributed by atoms with E-state index in [1.54, 1.807) is 18.2 Å². The second-order valence-electron chi connectivity index (χ2n) is 7.22. The van der Waals surface area contributed by atoms with Crippen LogP contribution >= 0.6 is 24.0 Å². The molecule has 1 aliphatic heterocycles. The van der Waals surface area contributed by atoms with Crippen LogP contribution in [0.4, 0.5) is 13.2 Å². The van der Waals surface area contributed by atoms with Crippen LogP contribution in [0.15, 0.2) is 29.3 Å². The summed E-state index contributed by atoms with van der Waals surface area (Å²) in [4.78, 5) is 18.0. The van der Waals surface area contributed by atoms with Crippen LogP contribution in [0.2, 0.25) is 0 Å². The second kappa shape index (κ2) is 13.0. The molecule has 1 aromatic rings. The molecule has 1 heterocycles. The van der Waals surface area contributed by atoms with Crippen LogP contribution in [0.3, 0.4) is 0 Å². The van der Waals surface area contributed by atoms with Crippen molar-refractivity contribution in [3.05, 3.63) is 35.4 Å². The molecule has 170 valence electrons. The number of alkyl halides is 3. The lowest BCUT2D eigenvalue weighted by Gasteiger charge is -2.34. The number of primary amides is 1. The highest BCUT2D eigenvalue weighted by Crippen LogP contribution is 2.20. The number of rotatable bonds is 8. The Morgan fingerprint density at radius 2 is 2.10 bits per heavy atom. The molecule has 0 radical (unpaired) electrons. The third-order valence-electron chi connectivity index (χ3n) is 4.58. The second-order valence-corrected chi connectivity index (χ2v) is 7.22. The van der Waals surface area contributed by atoms with E-state index < -0.39 is 12.8 Å². The molecule has 1 aliphatic rings. The zero-order chi connectivity index (χ0) is 21.3. The fraction of sp³-hybridized carbons (Fsp3) is 0.600. The van der Waals surface area contributed by atoms with Crippen molar-refractivity contribution in [1.29, 1.82) is 0 Å². The van der Waals surface area contributed by atoms with Crippen LogP contribution in [-0.2, 0) is 22.7 Å². The number of carbonyl (C=O) groups excluding carboxylic acids is 1. The predicted octanol–water partition coefficient (Wildman–Crippen LogP) is 3.44. The first-order chi connectivity index (χ1) is 13.8. The Kier molecular flexibility index (Phi) is 11.5. The molecule has 2 rings (SSSR count). The first-order valence-corrected chi connectivity index (χ1v) is 9.80. The minimum absolute atomic E-state index is 0. The van der Waals surface area contributed by atoms with Gasteiger partial charge in [-0.3, -0.25) is 4.79 Å². The van der Waals surface area contributed by atoms with Gasteiger partial charge in [-0.15, -0.1) is 24.0 Å². The number of nitrogens with zero attached hydrogens (tertiary/aromatic N) is 2. The van der Waals surface area contributed by atoms with Crippen LogP contribution in [0, 0.1) is 5.92 Å². The number of ether oxygens (including phenoxy) is 1. The summed E-state index contributed by atoms with van der Waals surface area (Å²) in [7, 11) is 0. The number of nitrogens with one attached hydrogen (secondary N) is 1. The summed E-state index contributed by atoms with van der Waals surface area (Å²) in [6.45, 7) is 3.30. The number of piperidine rings is 1. The average molecular weight is 542 g/mol. The number of nitrogens with two attached hydrogens (primary N) is 1. The van der Waals surface area contributed by atoms with E-state index in [2.05, 4.69) is 15.2 Å². The van der Waals surface area contributed by atoms with Gasteiger partial charge in [0.1, 0.15) is 6.61 Å². The fourth-order valence-electron chi connectivity index (χ4n) is 3.40. The van der Waals surface area contributed by atoms with E-state index in [1.165, 1.54) is 0 Å². The van der Waals surface area contributed by atoms with E-state index >= 15 is 0 Å². The number of likely N-dealkylation sites (tertiary alicyclic amines) is 1. The minimum atomic E-state index is -4.33. The number of aliphatic imine (C=N–C) groups is 1. The van der Waals surface area contributed by atoms with Crippen LogP contribution in [0.1, 0.15) is 37.3 Å². The third kappa shape index (κ3) is 9.96. The molecule has 1 atom stereocenters. The lowest BCUT2D eigenvalue weighted by Crippen LogP contribution is -2.47. The van der Waals surface area contributed by atoms with Crippen molar-refractivity contribution in [1.82, 2.24) is 10.2 Å². The maximum Gasteiger partial charge on any atom is 0.411 e. The molecule has 30 heavy (non-hydrogen) atoms. The van der Waals surface area contributed by atoms with Crippen molar-refractivity contribution < 1.29 is 22.7 Å². The molecule has 0 saturated carbocycles. The Labute approximate surface area is 192 Å². The zero-order valence-electron chi connectivity index (χ0n) is 17.1. The van der Waals surface area contributed by atoms with Gasteiger partial charge in [-0.1, -0.05) is 24.3 Å². The first kappa shape index (κ1) is 26.5. The Balaban J connectivity index is 0.00000450. The highest BCUT2D eigenvalue weighted by Gasteiger charge is 2.27. The molecular weight excluding hydrogens is 512 g/mol. The van der Waals surface area contributed by atoms with E-state index in [1.807, 2.05) is 13.0 Å². The van der Waals surface area contributed by atoms with Gasteiger partial charge in [-0.25, -0.2) is 4.99 Å². The van der Waals surface area contributed by atoms with Gasteiger partial charge in [0.25, 0.3) is 0 Å². The van der Waals surface area contributed by atoms with Crippen LogP contribution in [-0.4, -0.2) is 49.2 Å². The lowest BCUT2D eigenvalue weighted by atomic mass is 9.95. The molecule has 1 fully saturated rings. The summed E-state index contributed by atoms with van der Waals surface area (Å²) in [6.07, 6.45) is -2.02. The zero-order valence-corrected chi connectivity index (χ0v) is 19.4. The van der Waals surface area contributed by atoms with Crippen LogP contribution < -0.4 is 11.1 Å². The normalized spacial score (nSPS) is 17.4. The molecule has 3 N–H and O–H groups in total. The molecule has 1 unspecified atom stereocenters. The molecule has 0 bridgehead atoms. The van der Waals surface area contributed by atoms with Crippen LogP contribution in [0.25, 0.3) is 0 Å². The van der Waals surface area contributed by atoms with Gasteiger partial charge in [0.2, 0.25) is 5.91 Å². The highest BCUT2D eigenvalue weighted by molar-refractivity contribution is 14.0. The smallest absolute Gasteiger partial charge is 0.370 e. The molecule has 10 heteroatoms. The van der Waals surface area contributed by atoms with Crippen molar-refractivity contribution in [3.8, 4) is 0 Å². The molecule has 6 nitrogen and oxygen atoms in total. The predicted molar refractivity (Wildman–Crippen MR) is 120 cm³/mol. The molecule has 0 aliphatic carbocycles. The van der Waals surface area contributed by atoms with E-state index in [0.717, 1.165) is 37.5 Å². The molecule has 0 spiro atoms. The summed E-state index contributed by atoms with van der Waals surface area (Å²) < 4.78 is 41.4. The third-order valence-corrected chi connectivity index (χ3v) is 4.58. The van der Waals surface area contributed by atoms with Gasteiger partial charge >= 0.3 is 6.18 Å². The number of amides is 1. The summed E-state index contributed by atoms with van der Waals surface area (Å²) in [5.41, 5.74) is 6.90. The molecule has 1 saturated heterocycles. The van der Waals surface area contributed by atoms with Gasteiger partial charge in [0.05, 0.1) is 13.2 Å². The summed E-state index contributed by atoms with van der Waals surface area (Å²) in [6, 6.07) is 7.20. The lowest BCUT2D eigenvalue weighted by molar-refractivity contribution is -0.176. The fourth-order valence-corrected chi connectivity index (χ4v) is 3.40. The topological polar surface area (TPSA) is 80.0 Å². The monoisotopic (exact) mass is 542 g/mol. The maximum absolute atomic E-state index is 12.2. The van der Waals surface area contributed by atoms with Gasteiger partial charge in [-0.05, 0) is 36.8 Å². The summed E-state index contributed by atoms with van der Waals surface area (Å²) >= 11 is 0. The highest BCUT2D eigenvalue weighted by atomic mass is 127. The van der Waals surface area contributed by atoms with Gasteiger partial charge in [0, 0.05) is 26.1 Å². The number of hydrogen-bond donors (Lipinski definition) is 2. The van der Waals surface area contributed by atoms with E-state index in [4.69, 9.17) is 10.5 Å². The Morgan fingerprint density at radius 1 is 1.37 bits per heavy atom. The SMILES string of the molecule is CCNC(=NCc1cccc(COCC(F)(F)F)c1)N1CCCC(CC(N)=O)C1.I. The van der Waals surface area contributed by atoms with Crippen molar-refractivity contribution in [2.45, 2.75) is 45.5 Å². The first-order valence-electron chi connectivity index (χ1n) is 9.80. The summed E-state index contributed by atoms with van der Waals surface area (Å²) in [5.74, 6) is 0.697. The quantitative estimate of drug-likeness (QED) is 0.300. The average Bonchev–Trinajstić information content (AvgIpc) is 2.64. The Hall–Kier alpha value is -1.56. The van der Waals surface area contributed by atoms with E-state index in [-0.39, 0.29) is 42.4 Å². The molecule has 1 amide bonds. The number of hydrogen-bond acceptors (Lipinski definition) is 3. The van der Waals surface area contributed by atoms with Gasteiger partial charge in [0.15, 0.2) is 5.96 Å². The number of guanidine groups is 1.